The van der Waals surface area contributed by atoms with Gasteiger partial charge in [0, 0.05) is 0 Å². The molecular formula is C22H36O. The lowest BCUT2D eigenvalue weighted by molar-refractivity contribution is -0.0311. The summed E-state index contributed by atoms with van der Waals surface area (Å²) in [5.74, 6) is 2.45. The predicted octanol–water partition coefficient (Wildman–Crippen LogP) is 6.67. The zero-order valence-electron chi connectivity index (χ0n) is 16.7. The standard InChI is InChI=1S/C22H36O/c1-12(2)19-10-14(5)16(7)21-18(9)23-17(8)15(6)11-20(13(3)4)22(19)21/h10,12-13,15,17-18,20H,11H2,1-9H3/t15-,17-,18+,20?/m0/s1. The first-order chi connectivity index (χ1) is 10.6. The van der Waals surface area contributed by atoms with Gasteiger partial charge in [0.25, 0.3) is 0 Å². The fraction of sp³-hybridized carbons (Fsp3) is 0.727. The highest BCUT2D eigenvalue weighted by atomic mass is 16.5. The van der Waals surface area contributed by atoms with Gasteiger partial charge in [-0.2, -0.15) is 0 Å². The maximum absolute atomic E-state index is 6.43. The lowest BCUT2D eigenvalue weighted by Crippen LogP contribution is -2.29. The van der Waals surface area contributed by atoms with E-state index in [1.807, 2.05) is 0 Å². The normalized spacial score (nSPS) is 28.7. The van der Waals surface area contributed by atoms with Crippen LogP contribution in [0.25, 0.3) is 0 Å². The zero-order valence-corrected chi connectivity index (χ0v) is 16.7. The molecule has 1 aromatic rings. The maximum Gasteiger partial charge on any atom is 0.0806 e. The lowest BCUT2D eigenvalue weighted by atomic mass is 9.72. The third-order valence-corrected chi connectivity index (χ3v) is 6.02. The summed E-state index contributed by atoms with van der Waals surface area (Å²) >= 11 is 0. The molecule has 4 atom stereocenters. The number of aryl methyl sites for hydroxylation is 1. The monoisotopic (exact) mass is 316 g/mol. The minimum Gasteiger partial charge on any atom is -0.371 e. The second kappa shape index (κ2) is 6.97. The molecule has 1 heterocycles. The molecular weight excluding hydrogens is 280 g/mol. The fourth-order valence-electron chi connectivity index (χ4n) is 4.24. The molecule has 0 saturated heterocycles. The third-order valence-electron chi connectivity index (χ3n) is 6.02. The Morgan fingerprint density at radius 2 is 1.61 bits per heavy atom. The van der Waals surface area contributed by atoms with Gasteiger partial charge in [-0.05, 0) is 85.6 Å². The van der Waals surface area contributed by atoms with Crippen LogP contribution < -0.4 is 0 Å². The summed E-state index contributed by atoms with van der Waals surface area (Å²) in [6.45, 7) is 20.8. The Labute approximate surface area is 143 Å². The average molecular weight is 317 g/mol. The number of benzene rings is 1. The Kier molecular flexibility index (Phi) is 5.61. The number of fused-ring (bicyclic) bond motifs is 1. The van der Waals surface area contributed by atoms with Crippen molar-refractivity contribution in [2.75, 3.05) is 0 Å². The van der Waals surface area contributed by atoms with Crippen molar-refractivity contribution in [3.63, 3.8) is 0 Å². The van der Waals surface area contributed by atoms with Gasteiger partial charge in [-0.25, -0.2) is 0 Å². The molecule has 0 aromatic heterocycles. The summed E-state index contributed by atoms with van der Waals surface area (Å²) in [6, 6.07) is 2.44. The van der Waals surface area contributed by atoms with E-state index in [4.69, 9.17) is 4.74 Å². The molecule has 1 nitrogen and oxygen atoms in total. The van der Waals surface area contributed by atoms with Crippen LogP contribution in [0.1, 0.15) is 101 Å². The van der Waals surface area contributed by atoms with Crippen LogP contribution in [0.15, 0.2) is 6.07 Å². The van der Waals surface area contributed by atoms with Crippen molar-refractivity contribution in [1.82, 2.24) is 0 Å². The van der Waals surface area contributed by atoms with Gasteiger partial charge in [-0.15, -0.1) is 0 Å². The number of rotatable bonds is 2. The minimum atomic E-state index is 0.182. The summed E-state index contributed by atoms with van der Waals surface area (Å²) in [5, 5.41) is 0. The van der Waals surface area contributed by atoms with Crippen LogP contribution in [0.3, 0.4) is 0 Å². The van der Waals surface area contributed by atoms with Crippen LogP contribution in [0.5, 0.6) is 0 Å². The zero-order chi connectivity index (χ0) is 17.5. The summed E-state index contributed by atoms with van der Waals surface area (Å²) < 4.78 is 6.43. The fourth-order valence-corrected chi connectivity index (χ4v) is 4.24. The summed E-state index contributed by atoms with van der Waals surface area (Å²) in [4.78, 5) is 0. The van der Waals surface area contributed by atoms with Gasteiger partial charge >= 0.3 is 0 Å². The summed E-state index contributed by atoms with van der Waals surface area (Å²) in [6.07, 6.45) is 1.73. The van der Waals surface area contributed by atoms with Crippen LogP contribution in [-0.2, 0) is 4.74 Å². The van der Waals surface area contributed by atoms with E-state index < -0.39 is 0 Å². The highest BCUT2D eigenvalue weighted by molar-refractivity contribution is 5.49. The number of ether oxygens (including phenoxy) is 1. The van der Waals surface area contributed by atoms with E-state index in [1.54, 1.807) is 11.1 Å². The van der Waals surface area contributed by atoms with Crippen LogP contribution >= 0.6 is 0 Å². The van der Waals surface area contributed by atoms with Crippen molar-refractivity contribution in [1.29, 1.82) is 0 Å². The molecule has 130 valence electrons. The van der Waals surface area contributed by atoms with Gasteiger partial charge in [-0.3, -0.25) is 0 Å². The van der Waals surface area contributed by atoms with Crippen molar-refractivity contribution in [2.24, 2.45) is 11.8 Å². The first kappa shape index (κ1) is 18.5. The smallest absolute Gasteiger partial charge is 0.0806 e. The molecule has 0 spiro atoms. The van der Waals surface area contributed by atoms with Gasteiger partial charge in [0.1, 0.15) is 0 Å². The first-order valence-electron chi connectivity index (χ1n) is 9.44. The highest BCUT2D eigenvalue weighted by Gasteiger charge is 2.33. The van der Waals surface area contributed by atoms with E-state index in [0.29, 0.717) is 29.8 Å². The van der Waals surface area contributed by atoms with Crippen LogP contribution in [0, 0.1) is 25.7 Å². The van der Waals surface area contributed by atoms with E-state index in [2.05, 4.69) is 68.4 Å². The molecule has 0 aliphatic carbocycles. The minimum absolute atomic E-state index is 0.182. The van der Waals surface area contributed by atoms with Gasteiger partial charge < -0.3 is 4.74 Å². The molecule has 1 aromatic carbocycles. The molecule has 0 amide bonds. The number of hydrogen-bond donors (Lipinski definition) is 0. The van der Waals surface area contributed by atoms with Crippen molar-refractivity contribution < 1.29 is 4.74 Å². The molecule has 1 unspecified atom stereocenters. The largest absolute Gasteiger partial charge is 0.371 e. The van der Waals surface area contributed by atoms with Gasteiger partial charge in [-0.1, -0.05) is 40.7 Å². The SMILES string of the molecule is Cc1cc(C(C)C)c2c(c1C)[C@@H](C)O[C@@H](C)[C@@H](C)CC2C(C)C. The Bertz CT molecular complexity index is 556. The third kappa shape index (κ3) is 3.50. The second-order valence-electron chi connectivity index (χ2n) is 8.44. The Morgan fingerprint density at radius 1 is 1.00 bits per heavy atom. The molecule has 1 heteroatoms. The molecule has 0 fully saturated rings. The van der Waals surface area contributed by atoms with Gasteiger partial charge in [0.15, 0.2) is 0 Å². The van der Waals surface area contributed by atoms with Crippen LogP contribution in [0.2, 0.25) is 0 Å². The van der Waals surface area contributed by atoms with Crippen LogP contribution in [-0.4, -0.2) is 6.10 Å². The number of hydrogen-bond acceptors (Lipinski definition) is 1. The molecule has 0 saturated carbocycles. The molecule has 23 heavy (non-hydrogen) atoms. The molecule has 1 aliphatic heterocycles. The van der Waals surface area contributed by atoms with E-state index >= 15 is 0 Å². The van der Waals surface area contributed by atoms with Crippen LogP contribution in [0.4, 0.5) is 0 Å². The van der Waals surface area contributed by atoms with Gasteiger partial charge in [0.2, 0.25) is 0 Å². The van der Waals surface area contributed by atoms with Crippen molar-refractivity contribution >= 4 is 0 Å². The first-order valence-corrected chi connectivity index (χ1v) is 9.44. The van der Waals surface area contributed by atoms with Gasteiger partial charge in [0.05, 0.1) is 12.2 Å². The maximum atomic E-state index is 6.43. The Hall–Kier alpha value is -0.820. The lowest BCUT2D eigenvalue weighted by Gasteiger charge is -2.38. The van der Waals surface area contributed by atoms with E-state index in [9.17, 15) is 0 Å². The van der Waals surface area contributed by atoms with Crippen molar-refractivity contribution in [3.8, 4) is 0 Å². The summed E-state index contributed by atoms with van der Waals surface area (Å²) in [7, 11) is 0. The molecule has 1 aliphatic rings. The molecule has 0 N–H and O–H groups in total. The van der Waals surface area contributed by atoms with Crippen molar-refractivity contribution in [3.05, 3.63) is 33.9 Å². The molecule has 0 bridgehead atoms. The average Bonchev–Trinajstić information content (AvgIpc) is 2.44. The highest BCUT2D eigenvalue weighted by Crippen LogP contribution is 2.45. The Balaban J connectivity index is 2.77. The van der Waals surface area contributed by atoms with E-state index in [0.717, 1.165) is 0 Å². The topological polar surface area (TPSA) is 9.23 Å². The van der Waals surface area contributed by atoms with E-state index in [1.165, 1.54) is 23.1 Å². The van der Waals surface area contributed by atoms with E-state index in [-0.39, 0.29) is 6.10 Å². The Morgan fingerprint density at radius 3 is 2.13 bits per heavy atom. The predicted molar refractivity (Wildman–Crippen MR) is 100 cm³/mol. The quantitative estimate of drug-likeness (QED) is 0.592. The molecule has 2 rings (SSSR count). The molecule has 0 radical (unpaired) electrons. The second-order valence-corrected chi connectivity index (χ2v) is 8.44. The summed E-state index contributed by atoms with van der Waals surface area (Å²) in [5.41, 5.74) is 7.46. The van der Waals surface area contributed by atoms with Crippen molar-refractivity contribution in [2.45, 2.75) is 92.8 Å².